The van der Waals surface area contributed by atoms with Crippen molar-refractivity contribution in [2.24, 2.45) is 0 Å². The highest BCUT2D eigenvalue weighted by Gasteiger charge is 2.27. The molecular weight excluding hydrogens is 386 g/mol. The van der Waals surface area contributed by atoms with Crippen LogP contribution >= 0.6 is 0 Å². The maximum atomic E-state index is 12.2. The number of methoxy groups -OCH3 is 1. The Morgan fingerprint density at radius 3 is 2.47 bits per heavy atom. The lowest BCUT2D eigenvalue weighted by molar-refractivity contribution is 0.0201. The number of hydrogen-bond donors (Lipinski definition) is 2. The van der Waals surface area contributed by atoms with Gasteiger partial charge in [0.15, 0.2) is 11.5 Å². The van der Waals surface area contributed by atoms with Gasteiger partial charge in [-0.05, 0) is 64.7 Å². The molecule has 1 aliphatic rings. The van der Waals surface area contributed by atoms with Crippen molar-refractivity contribution in [3.05, 3.63) is 23.8 Å². The van der Waals surface area contributed by atoms with Crippen molar-refractivity contribution >= 4 is 12.1 Å². The van der Waals surface area contributed by atoms with E-state index in [1.165, 1.54) is 0 Å². The minimum atomic E-state index is -0.501. The van der Waals surface area contributed by atoms with Gasteiger partial charge in [0.2, 0.25) is 0 Å². The van der Waals surface area contributed by atoms with Crippen molar-refractivity contribution in [3.63, 3.8) is 0 Å². The number of nitrogens with zero attached hydrogens (tertiary/aromatic N) is 1. The van der Waals surface area contributed by atoms with Crippen LogP contribution in [0.15, 0.2) is 18.2 Å². The molecule has 0 aliphatic carbocycles. The van der Waals surface area contributed by atoms with Crippen molar-refractivity contribution in [1.82, 2.24) is 15.5 Å². The largest absolute Gasteiger partial charge is 0.493 e. The smallest absolute Gasteiger partial charge is 0.410 e. The number of carbonyl (C=O) groups excluding carboxylic acids is 2. The summed E-state index contributed by atoms with van der Waals surface area (Å²) in [5.41, 5.74) is 0.556. The predicted molar refractivity (Wildman–Crippen MR) is 115 cm³/mol. The first-order valence-electron chi connectivity index (χ1n) is 10.5. The molecule has 1 heterocycles. The highest BCUT2D eigenvalue weighted by molar-refractivity contribution is 5.74. The SMILES string of the molecule is CCOc1ccc(CCNC(=O)NC2CCN(C(=O)OC(C)(C)C)CC2)cc1OC. The zero-order chi connectivity index (χ0) is 22.1. The molecule has 2 rings (SSSR count). The van der Waals surface area contributed by atoms with Crippen LogP contribution in [-0.4, -0.2) is 62.0 Å². The number of carbonyl (C=O) groups is 2. The molecule has 0 atom stereocenters. The third-order valence-corrected chi connectivity index (χ3v) is 4.71. The molecule has 3 amide bonds. The van der Waals surface area contributed by atoms with E-state index in [1.54, 1.807) is 12.0 Å². The van der Waals surface area contributed by atoms with E-state index < -0.39 is 5.60 Å². The third-order valence-electron chi connectivity index (χ3n) is 4.71. The standard InChI is InChI=1S/C22H35N3O5/c1-6-29-18-8-7-16(15-19(18)28-5)9-12-23-20(26)24-17-10-13-25(14-11-17)21(27)30-22(2,3)4/h7-8,15,17H,6,9-14H2,1-5H3,(H2,23,24,26). The van der Waals surface area contributed by atoms with E-state index in [9.17, 15) is 9.59 Å². The van der Waals surface area contributed by atoms with Gasteiger partial charge in [-0.15, -0.1) is 0 Å². The first-order valence-corrected chi connectivity index (χ1v) is 10.5. The molecule has 1 saturated heterocycles. The first kappa shape index (κ1) is 23.6. The van der Waals surface area contributed by atoms with Crippen molar-refractivity contribution in [2.75, 3.05) is 33.4 Å². The molecule has 2 N–H and O–H groups in total. The lowest BCUT2D eigenvalue weighted by Gasteiger charge is -2.33. The number of benzene rings is 1. The van der Waals surface area contributed by atoms with Crippen molar-refractivity contribution < 1.29 is 23.8 Å². The second kappa shape index (κ2) is 10.9. The van der Waals surface area contributed by atoms with Crippen LogP contribution in [0.25, 0.3) is 0 Å². The molecule has 0 radical (unpaired) electrons. The van der Waals surface area contributed by atoms with Crippen LogP contribution in [0.2, 0.25) is 0 Å². The molecule has 0 unspecified atom stereocenters. The Morgan fingerprint density at radius 1 is 1.17 bits per heavy atom. The maximum Gasteiger partial charge on any atom is 0.410 e. The topological polar surface area (TPSA) is 89.1 Å². The van der Waals surface area contributed by atoms with E-state index in [1.807, 2.05) is 45.9 Å². The van der Waals surface area contributed by atoms with Crippen LogP contribution in [0.3, 0.4) is 0 Å². The maximum absolute atomic E-state index is 12.2. The molecular formula is C22H35N3O5. The number of hydrogen-bond acceptors (Lipinski definition) is 5. The normalized spacial score (nSPS) is 14.8. The number of rotatable bonds is 7. The molecule has 1 fully saturated rings. The molecule has 0 spiro atoms. The molecule has 8 nitrogen and oxygen atoms in total. The van der Waals surface area contributed by atoms with Crippen molar-refractivity contribution in [2.45, 2.75) is 58.6 Å². The van der Waals surface area contributed by atoms with Gasteiger partial charge in [0.05, 0.1) is 13.7 Å². The number of amides is 3. The van der Waals surface area contributed by atoms with E-state index >= 15 is 0 Å². The molecule has 1 aromatic carbocycles. The summed E-state index contributed by atoms with van der Waals surface area (Å²) >= 11 is 0. The molecule has 0 bridgehead atoms. The summed E-state index contributed by atoms with van der Waals surface area (Å²) in [4.78, 5) is 26.0. The average molecular weight is 422 g/mol. The predicted octanol–water partition coefficient (Wildman–Crippen LogP) is 3.34. The molecule has 0 saturated carbocycles. The van der Waals surface area contributed by atoms with E-state index in [0.717, 1.165) is 5.56 Å². The fourth-order valence-electron chi connectivity index (χ4n) is 3.23. The van der Waals surface area contributed by atoms with Gasteiger partial charge in [0.25, 0.3) is 0 Å². The van der Waals surface area contributed by atoms with Gasteiger partial charge in [-0.1, -0.05) is 6.07 Å². The Bertz CT molecular complexity index is 709. The monoisotopic (exact) mass is 421 g/mol. The van der Waals surface area contributed by atoms with Crippen LogP contribution in [-0.2, 0) is 11.2 Å². The van der Waals surface area contributed by atoms with Crippen LogP contribution in [0.1, 0.15) is 46.1 Å². The number of piperidine rings is 1. The van der Waals surface area contributed by atoms with Gasteiger partial charge >= 0.3 is 12.1 Å². The Morgan fingerprint density at radius 2 is 1.87 bits per heavy atom. The number of nitrogens with one attached hydrogen (secondary N) is 2. The second-order valence-corrected chi connectivity index (χ2v) is 8.31. The summed E-state index contributed by atoms with van der Waals surface area (Å²) in [6.07, 6.45) is 1.81. The molecule has 168 valence electrons. The Balaban J connectivity index is 1.70. The van der Waals surface area contributed by atoms with Gasteiger partial charge in [0.1, 0.15) is 5.60 Å². The number of likely N-dealkylation sites (tertiary alicyclic amines) is 1. The number of ether oxygens (including phenoxy) is 3. The van der Waals surface area contributed by atoms with Gasteiger partial charge in [0, 0.05) is 25.7 Å². The van der Waals surface area contributed by atoms with Crippen LogP contribution in [0.4, 0.5) is 9.59 Å². The second-order valence-electron chi connectivity index (χ2n) is 8.31. The first-order chi connectivity index (χ1) is 14.2. The van der Waals surface area contributed by atoms with E-state index in [4.69, 9.17) is 14.2 Å². The summed E-state index contributed by atoms with van der Waals surface area (Å²) in [6.45, 7) is 9.73. The average Bonchev–Trinajstić information content (AvgIpc) is 2.68. The van der Waals surface area contributed by atoms with Gasteiger partial charge < -0.3 is 29.7 Å². The Kier molecular flexibility index (Phi) is 8.62. The van der Waals surface area contributed by atoms with E-state index in [0.29, 0.717) is 57.0 Å². The quantitative estimate of drug-likeness (QED) is 0.705. The third kappa shape index (κ3) is 7.65. The summed E-state index contributed by atoms with van der Waals surface area (Å²) in [5, 5.41) is 5.88. The number of urea groups is 1. The fourth-order valence-corrected chi connectivity index (χ4v) is 3.23. The Labute approximate surface area is 179 Å². The van der Waals surface area contributed by atoms with Crippen molar-refractivity contribution in [3.8, 4) is 11.5 Å². The van der Waals surface area contributed by atoms with Gasteiger partial charge in [-0.25, -0.2) is 9.59 Å². The summed E-state index contributed by atoms with van der Waals surface area (Å²) in [6, 6.07) is 5.64. The van der Waals surface area contributed by atoms with Crippen LogP contribution in [0, 0.1) is 0 Å². The lowest BCUT2D eigenvalue weighted by Crippen LogP contribution is -2.50. The minimum absolute atomic E-state index is 0.0502. The lowest BCUT2D eigenvalue weighted by atomic mass is 10.1. The molecule has 30 heavy (non-hydrogen) atoms. The summed E-state index contributed by atoms with van der Waals surface area (Å²) < 4.78 is 16.3. The van der Waals surface area contributed by atoms with Crippen molar-refractivity contribution in [1.29, 1.82) is 0 Å². The summed E-state index contributed by atoms with van der Waals surface area (Å²) in [5.74, 6) is 1.41. The van der Waals surface area contributed by atoms with E-state index in [-0.39, 0.29) is 18.2 Å². The van der Waals surface area contributed by atoms with Gasteiger partial charge in [-0.3, -0.25) is 0 Å². The molecule has 0 aromatic heterocycles. The van der Waals surface area contributed by atoms with Gasteiger partial charge in [-0.2, -0.15) is 0 Å². The van der Waals surface area contributed by atoms with E-state index in [2.05, 4.69) is 10.6 Å². The molecule has 1 aliphatic heterocycles. The minimum Gasteiger partial charge on any atom is -0.493 e. The zero-order valence-electron chi connectivity index (χ0n) is 18.7. The van der Waals surface area contributed by atoms with Crippen LogP contribution in [0.5, 0.6) is 11.5 Å². The van der Waals surface area contributed by atoms with Crippen LogP contribution < -0.4 is 20.1 Å². The fraction of sp³-hybridized carbons (Fsp3) is 0.636. The summed E-state index contributed by atoms with van der Waals surface area (Å²) in [7, 11) is 1.61. The molecule has 1 aromatic rings. The Hall–Kier alpha value is -2.64. The zero-order valence-corrected chi connectivity index (χ0v) is 18.7. The highest BCUT2D eigenvalue weighted by Crippen LogP contribution is 2.28. The highest BCUT2D eigenvalue weighted by atomic mass is 16.6. The molecule has 8 heteroatoms.